The number of rotatable bonds is 6. The Morgan fingerprint density at radius 3 is 3.00 bits per heavy atom. The lowest BCUT2D eigenvalue weighted by molar-refractivity contribution is 0.574. The van der Waals surface area contributed by atoms with Gasteiger partial charge in [0.05, 0.1) is 11.4 Å². The van der Waals surface area contributed by atoms with Crippen molar-refractivity contribution < 1.29 is 4.42 Å². The summed E-state index contributed by atoms with van der Waals surface area (Å²) in [4.78, 5) is 9.98. The summed E-state index contributed by atoms with van der Waals surface area (Å²) in [7, 11) is 0. The maximum absolute atomic E-state index is 5.47. The van der Waals surface area contributed by atoms with Crippen LogP contribution in [0.25, 0.3) is 10.8 Å². The lowest BCUT2D eigenvalue weighted by Crippen LogP contribution is -2.37. The van der Waals surface area contributed by atoms with Crippen LogP contribution in [-0.4, -0.2) is 24.0 Å². The molecule has 0 radical (unpaired) electrons. The van der Waals surface area contributed by atoms with Gasteiger partial charge in [0.25, 0.3) is 0 Å². The van der Waals surface area contributed by atoms with Crippen molar-refractivity contribution >= 4 is 17.3 Å². The fraction of sp³-hybridized carbons (Fsp3) is 0.429. The zero-order chi connectivity index (χ0) is 14.2. The maximum Gasteiger partial charge on any atom is 0.236 e. The van der Waals surface area contributed by atoms with E-state index >= 15 is 0 Å². The van der Waals surface area contributed by atoms with E-state index in [1.807, 2.05) is 24.4 Å². The molecule has 0 amide bonds. The molecular weight excluding hydrogens is 272 g/mol. The number of hydrogen-bond donors (Lipinski definition) is 2. The summed E-state index contributed by atoms with van der Waals surface area (Å²) in [6.07, 6.45) is 2.73. The second-order valence-corrected chi connectivity index (χ2v) is 5.19. The number of aliphatic imine (C=N–C) groups is 1. The Balaban J connectivity index is 1.98. The second kappa shape index (κ2) is 7.69. The van der Waals surface area contributed by atoms with Crippen LogP contribution in [0.15, 0.2) is 33.2 Å². The van der Waals surface area contributed by atoms with Gasteiger partial charge in [-0.2, -0.15) is 0 Å². The summed E-state index contributed by atoms with van der Waals surface area (Å²) in [5, 5.41) is 8.47. The highest BCUT2D eigenvalue weighted by Crippen LogP contribution is 2.23. The molecule has 2 heterocycles. The number of nitrogens with zero attached hydrogens (tertiary/aromatic N) is 2. The normalized spacial score (nSPS) is 11.6. The van der Waals surface area contributed by atoms with Gasteiger partial charge in [-0.15, -0.1) is 11.3 Å². The molecule has 6 heteroatoms. The third-order valence-electron chi connectivity index (χ3n) is 2.57. The highest BCUT2D eigenvalue weighted by molar-refractivity contribution is 7.13. The number of hydrogen-bond acceptors (Lipinski definition) is 4. The topological polar surface area (TPSA) is 62.5 Å². The second-order valence-electron chi connectivity index (χ2n) is 4.24. The number of guanidine groups is 1. The van der Waals surface area contributed by atoms with Gasteiger partial charge >= 0.3 is 0 Å². The largest absolute Gasteiger partial charge is 0.443 e. The van der Waals surface area contributed by atoms with Crippen LogP contribution in [0, 0.1) is 0 Å². The summed E-state index contributed by atoms with van der Waals surface area (Å²) in [6.45, 7) is 6.43. The van der Waals surface area contributed by atoms with E-state index in [1.54, 1.807) is 17.6 Å². The van der Waals surface area contributed by atoms with E-state index in [0.29, 0.717) is 12.4 Å². The first-order chi connectivity index (χ1) is 9.83. The molecule has 0 atom stereocenters. The first-order valence-electron chi connectivity index (χ1n) is 6.84. The first kappa shape index (κ1) is 14.6. The van der Waals surface area contributed by atoms with Crippen LogP contribution in [0.2, 0.25) is 0 Å². The number of aromatic nitrogens is 1. The van der Waals surface area contributed by atoms with Gasteiger partial charge in [0.2, 0.25) is 5.89 Å². The van der Waals surface area contributed by atoms with Crippen LogP contribution in [-0.2, 0) is 6.54 Å². The average molecular weight is 292 g/mol. The fourth-order valence-corrected chi connectivity index (χ4v) is 2.29. The van der Waals surface area contributed by atoms with E-state index in [4.69, 9.17) is 4.42 Å². The molecule has 0 aliphatic carbocycles. The van der Waals surface area contributed by atoms with E-state index in [9.17, 15) is 0 Å². The Labute approximate surface area is 123 Å². The summed E-state index contributed by atoms with van der Waals surface area (Å²) in [5.41, 5.74) is 0.835. The molecule has 2 aromatic rings. The van der Waals surface area contributed by atoms with Crippen molar-refractivity contribution in [3.63, 3.8) is 0 Å². The summed E-state index contributed by atoms with van der Waals surface area (Å²) >= 11 is 1.62. The van der Waals surface area contributed by atoms with Gasteiger partial charge in [-0.25, -0.2) is 9.98 Å². The van der Waals surface area contributed by atoms with E-state index < -0.39 is 0 Å². The molecule has 0 bridgehead atoms. The Hall–Kier alpha value is -1.82. The molecule has 0 saturated carbocycles. The predicted molar refractivity (Wildman–Crippen MR) is 82.9 cm³/mol. The number of thiophene rings is 1. The van der Waals surface area contributed by atoms with Crippen molar-refractivity contribution in [2.75, 3.05) is 13.1 Å². The van der Waals surface area contributed by atoms with E-state index in [1.165, 1.54) is 0 Å². The molecule has 0 spiro atoms. The Bertz CT molecular complexity index is 533. The molecule has 108 valence electrons. The monoisotopic (exact) mass is 292 g/mol. The van der Waals surface area contributed by atoms with Crippen LogP contribution in [0.4, 0.5) is 0 Å². The minimum Gasteiger partial charge on any atom is -0.443 e. The molecule has 2 N–H and O–H groups in total. The smallest absolute Gasteiger partial charge is 0.236 e. The van der Waals surface area contributed by atoms with Crippen molar-refractivity contribution in [2.45, 2.75) is 26.8 Å². The van der Waals surface area contributed by atoms with Gasteiger partial charge in [-0.3, -0.25) is 0 Å². The lowest BCUT2D eigenvalue weighted by atomic mass is 10.4. The minimum atomic E-state index is 0.508. The zero-order valence-corrected chi connectivity index (χ0v) is 12.7. The van der Waals surface area contributed by atoms with Crippen LogP contribution in [0.1, 0.15) is 26.0 Å². The van der Waals surface area contributed by atoms with Crippen molar-refractivity contribution in [3.8, 4) is 10.8 Å². The zero-order valence-electron chi connectivity index (χ0n) is 11.8. The van der Waals surface area contributed by atoms with Crippen LogP contribution >= 0.6 is 11.3 Å². The SMILES string of the molecule is CCCNC(=NCc1coc(-c2cccs2)n1)NCC. The van der Waals surface area contributed by atoms with Crippen LogP contribution < -0.4 is 10.6 Å². The predicted octanol–water partition coefficient (Wildman–Crippen LogP) is 2.87. The third kappa shape index (κ3) is 4.09. The standard InChI is InChI=1S/C14H20N4OS/c1-3-7-16-14(15-4-2)17-9-11-10-19-13(18-11)12-6-5-8-20-12/h5-6,8,10H,3-4,7,9H2,1-2H3,(H2,15,16,17). The highest BCUT2D eigenvalue weighted by atomic mass is 32.1. The van der Waals surface area contributed by atoms with E-state index in [0.717, 1.165) is 36.0 Å². The molecule has 20 heavy (non-hydrogen) atoms. The lowest BCUT2D eigenvalue weighted by Gasteiger charge is -2.09. The number of oxazole rings is 1. The van der Waals surface area contributed by atoms with Crippen LogP contribution in [0.5, 0.6) is 0 Å². The molecule has 0 saturated heterocycles. The molecule has 2 rings (SSSR count). The molecule has 0 unspecified atom stereocenters. The Morgan fingerprint density at radius 2 is 2.30 bits per heavy atom. The van der Waals surface area contributed by atoms with Gasteiger partial charge in [0.1, 0.15) is 12.0 Å². The average Bonchev–Trinajstić information content (AvgIpc) is 3.12. The molecule has 0 fully saturated rings. The van der Waals surface area contributed by atoms with Crippen LogP contribution in [0.3, 0.4) is 0 Å². The van der Waals surface area contributed by atoms with Gasteiger partial charge in [-0.05, 0) is 24.8 Å². The van der Waals surface area contributed by atoms with Crippen molar-refractivity contribution in [1.29, 1.82) is 0 Å². The summed E-state index contributed by atoms with van der Waals surface area (Å²) in [6, 6.07) is 3.98. The Kier molecular flexibility index (Phi) is 5.61. The van der Waals surface area contributed by atoms with Crippen molar-refractivity contribution in [3.05, 3.63) is 29.5 Å². The van der Waals surface area contributed by atoms with Gasteiger partial charge < -0.3 is 15.1 Å². The molecule has 5 nitrogen and oxygen atoms in total. The maximum atomic E-state index is 5.47. The highest BCUT2D eigenvalue weighted by Gasteiger charge is 2.07. The van der Waals surface area contributed by atoms with Crippen molar-refractivity contribution in [1.82, 2.24) is 15.6 Å². The summed E-state index contributed by atoms with van der Waals surface area (Å²) in [5.74, 6) is 1.48. The quantitative estimate of drug-likeness (QED) is 0.635. The molecular formula is C14H20N4OS. The van der Waals surface area contributed by atoms with Gasteiger partial charge in [-0.1, -0.05) is 13.0 Å². The van der Waals surface area contributed by atoms with Crippen molar-refractivity contribution in [2.24, 2.45) is 4.99 Å². The van der Waals surface area contributed by atoms with Gasteiger partial charge in [0, 0.05) is 13.1 Å². The molecule has 0 aliphatic heterocycles. The molecule has 0 aliphatic rings. The minimum absolute atomic E-state index is 0.508. The molecule has 0 aromatic carbocycles. The fourth-order valence-electron chi connectivity index (χ4n) is 1.64. The third-order valence-corrected chi connectivity index (χ3v) is 3.43. The first-order valence-corrected chi connectivity index (χ1v) is 7.72. The van der Waals surface area contributed by atoms with E-state index in [-0.39, 0.29) is 0 Å². The van der Waals surface area contributed by atoms with E-state index in [2.05, 4.69) is 27.5 Å². The molecule has 2 aromatic heterocycles. The Morgan fingerprint density at radius 1 is 1.40 bits per heavy atom. The summed E-state index contributed by atoms with van der Waals surface area (Å²) < 4.78 is 5.47. The van der Waals surface area contributed by atoms with Gasteiger partial charge in [0.15, 0.2) is 5.96 Å². The number of nitrogens with one attached hydrogen (secondary N) is 2.